The zero-order valence-corrected chi connectivity index (χ0v) is 13.4. The summed E-state index contributed by atoms with van der Waals surface area (Å²) >= 11 is 2.08. The van der Waals surface area contributed by atoms with Crippen LogP contribution in [0.5, 0.6) is 0 Å². The molecule has 1 aliphatic heterocycles. The molecule has 0 aromatic carbocycles. The summed E-state index contributed by atoms with van der Waals surface area (Å²) in [5.74, 6) is 1.23. The van der Waals surface area contributed by atoms with E-state index in [1.165, 1.54) is 36.5 Å². The van der Waals surface area contributed by atoms with Crippen molar-refractivity contribution in [2.45, 2.75) is 50.6 Å². The number of rotatable bonds is 5. The molecule has 1 aromatic rings. The highest BCUT2D eigenvalue weighted by molar-refractivity contribution is 8.00. The van der Waals surface area contributed by atoms with E-state index in [-0.39, 0.29) is 0 Å². The molecular weight excluding hydrogens is 266 g/mol. The molecule has 0 amide bonds. The van der Waals surface area contributed by atoms with Crippen LogP contribution in [0.2, 0.25) is 0 Å². The summed E-state index contributed by atoms with van der Waals surface area (Å²) in [6.07, 6.45) is 2.67. The lowest BCUT2D eigenvalue weighted by molar-refractivity contribution is 0.249. The van der Waals surface area contributed by atoms with E-state index < -0.39 is 0 Å². The predicted molar refractivity (Wildman–Crippen MR) is 85.9 cm³/mol. The smallest absolute Gasteiger partial charge is 0.0547 e. The van der Waals surface area contributed by atoms with Crippen LogP contribution >= 0.6 is 11.8 Å². The van der Waals surface area contributed by atoms with Gasteiger partial charge in [-0.1, -0.05) is 6.07 Å². The Morgan fingerprint density at radius 1 is 1.35 bits per heavy atom. The van der Waals surface area contributed by atoms with Gasteiger partial charge < -0.3 is 5.32 Å². The van der Waals surface area contributed by atoms with Crippen LogP contribution in [0.15, 0.2) is 18.2 Å². The van der Waals surface area contributed by atoms with Crippen molar-refractivity contribution >= 4 is 11.8 Å². The molecule has 0 unspecified atom stereocenters. The topological polar surface area (TPSA) is 28.2 Å². The molecule has 110 valence electrons. The molecule has 2 aliphatic rings. The van der Waals surface area contributed by atoms with Crippen molar-refractivity contribution < 1.29 is 0 Å². The molecule has 1 saturated carbocycles. The molecule has 2 heterocycles. The maximum atomic E-state index is 4.80. The molecule has 0 spiro atoms. The van der Waals surface area contributed by atoms with Crippen LogP contribution in [-0.2, 0) is 13.1 Å². The number of nitrogens with zero attached hydrogens (tertiary/aromatic N) is 2. The van der Waals surface area contributed by atoms with Gasteiger partial charge in [0.2, 0.25) is 0 Å². The Bertz CT molecular complexity index is 457. The number of hydrogen-bond donors (Lipinski definition) is 1. The maximum Gasteiger partial charge on any atom is 0.0547 e. The SMILES string of the molecule is CC1(C)CN(Cc2cccc(CNC3CC3)n2)CCS1. The lowest BCUT2D eigenvalue weighted by Gasteiger charge is -2.37. The van der Waals surface area contributed by atoms with E-state index in [4.69, 9.17) is 4.98 Å². The lowest BCUT2D eigenvalue weighted by atomic mass is 10.1. The Kier molecular flexibility index (Phi) is 4.34. The van der Waals surface area contributed by atoms with E-state index in [0.717, 1.165) is 25.7 Å². The zero-order chi connectivity index (χ0) is 14.0. The molecular formula is C16H25N3S. The number of hydrogen-bond acceptors (Lipinski definition) is 4. The van der Waals surface area contributed by atoms with Crippen LogP contribution in [0.4, 0.5) is 0 Å². The van der Waals surface area contributed by atoms with Crippen molar-refractivity contribution in [1.82, 2.24) is 15.2 Å². The standard InChI is InChI=1S/C16H25N3S/c1-16(2)12-19(8-9-20-16)11-15-5-3-4-14(18-15)10-17-13-6-7-13/h3-5,13,17H,6-12H2,1-2H3. The second-order valence-corrected chi connectivity index (χ2v) is 8.40. The minimum Gasteiger partial charge on any atom is -0.308 e. The Balaban J connectivity index is 1.57. The monoisotopic (exact) mass is 291 g/mol. The van der Waals surface area contributed by atoms with Gasteiger partial charge >= 0.3 is 0 Å². The first kappa shape index (κ1) is 14.4. The summed E-state index contributed by atoms with van der Waals surface area (Å²) in [6, 6.07) is 7.20. The summed E-state index contributed by atoms with van der Waals surface area (Å²) in [6.45, 7) is 8.92. The third-order valence-corrected chi connectivity index (χ3v) is 5.20. The summed E-state index contributed by atoms with van der Waals surface area (Å²) in [7, 11) is 0. The van der Waals surface area contributed by atoms with Gasteiger partial charge in [-0.3, -0.25) is 9.88 Å². The lowest BCUT2D eigenvalue weighted by Crippen LogP contribution is -2.42. The van der Waals surface area contributed by atoms with E-state index in [1.54, 1.807) is 0 Å². The summed E-state index contributed by atoms with van der Waals surface area (Å²) in [4.78, 5) is 7.34. The van der Waals surface area contributed by atoms with Crippen LogP contribution in [0.3, 0.4) is 0 Å². The second kappa shape index (κ2) is 6.04. The third kappa shape index (κ3) is 4.21. The average molecular weight is 291 g/mol. The van der Waals surface area contributed by atoms with Crippen molar-refractivity contribution in [3.05, 3.63) is 29.6 Å². The Morgan fingerprint density at radius 2 is 2.15 bits per heavy atom. The fourth-order valence-electron chi connectivity index (χ4n) is 2.73. The van der Waals surface area contributed by atoms with Crippen LogP contribution in [-0.4, -0.2) is 39.5 Å². The first-order valence-electron chi connectivity index (χ1n) is 7.65. The van der Waals surface area contributed by atoms with E-state index in [1.807, 2.05) is 0 Å². The van der Waals surface area contributed by atoms with Gasteiger partial charge in [0, 0.05) is 42.7 Å². The van der Waals surface area contributed by atoms with Gasteiger partial charge in [0.15, 0.2) is 0 Å². The molecule has 1 aromatic heterocycles. The van der Waals surface area contributed by atoms with Gasteiger partial charge in [-0.25, -0.2) is 0 Å². The molecule has 20 heavy (non-hydrogen) atoms. The molecule has 0 radical (unpaired) electrons. The predicted octanol–water partition coefficient (Wildman–Crippen LogP) is 2.66. The molecule has 1 saturated heterocycles. The van der Waals surface area contributed by atoms with Crippen molar-refractivity contribution in [3.8, 4) is 0 Å². The van der Waals surface area contributed by atoms with Gasteiger partial charge in [-0.15, -0.1) is 0 Å². The van der Waals surface area contributed by atoms with E-state index >= 15 is 0 Å². The van der Waals surface area contributed by atoms with Crippen molar-refractivity contribution in [1.29, 1.82) is 0 Å². The van der Waals surface area contributed by atoms with Crippen LogP contribution in [0.25, 0.3) is 0 Å². The largest absolute Gasteiger partial charge is 0.308 e. The van der Waals surface area contributed by atoms with Gasteiger partial charge in [-0.05, 0) is 38.8 Å². The Hall–Kier alpha value is -0.580. The normalized spacial score (nSPS) is 22.9. The van der Waals surface area contributed by atoms with Crippen LogP contribution in [0.1, 0.15) is 38.1 Å². The second-order valence-electron chi connectivity index (χ2n) is 6.59. The van der Waals surface area contributed by atoms with E-state index in [9.17, 15) is 0 Å². The van der Waals surface area contributed by atoms with Crippen molar-refractivity contribution in [2.75, 3.05) is 18.8 Å². The average Bonchev–Trinajstić information content (AvgIpc) is 3.19. The van der Waals surface area contributed by atoms with Gasteiger partial charge in [-0.2, -0.15) is 11.8 Å². The minimum atomic E-state index is 0.378. The van der Waals surface area contributed by atoms with Crippen molar-refractivity contribution in [2.24, 2.45) is 0 Å². The molecule has 3 nitrogen and oxygen atoms in total. The Morgan fingerprint density at radius 3 is 2.90 bits per heavy atom. The first-order valence-corrected chi connectivity index (χ1v) is 8.64. The van der Waals surface area contributed by atoms with Gasteiger partial charge in [0.1, 0.15) is 0 Å². The van der Waals surface area contributed by atoms with Gasteiger partial charge in [0.05, 0.1) is 11.4 Å². The molecule has 0 atom stereocenters. The molecule has 3 rings (SSSR count). The number of pyridine rings is 1. The highest BCUT2D eigenvalue weighted by atomic mass is 32.2. The molecule has 0 bridgehead atoms. The highest BCUT2D eigenvalue weighted by Crippen LogP contribution is 2.30. The van der Waals surface area contributed by atoms with E-state index in [0.29, 0.717) is 4.75 Å². The molecule has 1 N–H and O–H groups in total. The first-order chi connectivity index (χ1) is 9.61. The zero-order valence-electron chi connectivity index (χ0n) is 12.6. The third-order valence-electron chi connectivity index (χ3n) is 3.90. The number of aromatic nitrogens is 1. The van der Waals surface area contributed by atoms with Crippen molar-refractivity contribution in [3.63, 3.8) is 0 Å². The summed E-state index contributed by atoms with van der Waals surface area (Å²) in [5, 5.41) is 3.54. The maximum absolute atomic E-state index is 4.80. The van der Waals surface area contributed by atoms with Gasteiger partial charge in [0.25, 0.3) is 0 Å². The molecule has 1 aliphatic carbocycles. The fourth-order valence-corrected chi connectivity index (χ4v) is 3.91. The van der Waals surface area contributed by atoms with E-state index in [2.05, 4.69) is 54.0 Å². The number of thioether (sulfide) groups is 1. The summed E-state index contributed by atoms with van der Waals surface area (Å²) in [5.41, 5.74) is 2.39. The minimum absolute atomic E-state index is 0.378. The quantitative estimate of drug-likeness (QED) is 0.903. The molecule has 4 heteroatoms. The van der Waals surface area contributed by atoms with Crippen LogP contribution in [0, 0.1) is 0 Å². The summed E-state index contributed by atoms with van der Waals surface area (Å²) < 4.78 is 0.378. The molecule has 2 fully saturated rings. The fraction of sp³-hybridized carbons (Fsp3) is 0.688. The highest BCUT2D eigenvalue weighted by Gasteiger charge is 2.27. The Labute approximate surface area is 126 Å². The number of nitrogens with one attached hydrogen (secondary N) is 1. The van der Waals surface area contributed by atoms with Crippen LogP contribution < -0.4 is 5.32 Å².